The number of carbonyl (C=O) groups is 1. The average Bonchev–Trinajstić information content (AvgIpc) is 3.34. The summed E-state index contributed by atoms with van der Waals surface area (Å²) in [6, 6.07) is 11.1. The van der Waals surface area contributed by atoms with Gasteiger partial charge in [-0.25, -0.2) is 13.5 Å². The predicted molar refractivity (Wildman–Crippen MR) is 131 cm³/mol. The first kappa shape index (κ1) is 26.4. The van der Waals surface area contributed by atoms with E-state index in [0.29, 0.717) is 56.3 Å². The maximum Gasteiger partial charge on any atom is 0.233 e. The Bertz CT molecular complexity index is 1140. The van der Waals surface area contributed by atoms with Gasteiger partial charge in [0.1, 0.15) is 18.1 Å². The minimum Gasteiger partial charge on any atom is -0.497 e. The molecule has 0 radical (unpaired) electrons. The van der Waals surface area contributed by atoms with Gasteiger partial charge >= 0.3 is 0 Å². The van der Waals surface area contributed by atoms with Gasteiger partial charge in [0.15, 0.2) is 15.6 Å². The van der Waals surface area contributed by atoms with Crippen LogP contribution in [-0.4, -0.2) is 63.0 Å². The van der Waals surface area contributed by atoms with Gasteiger partial charge in [0.05, 0.1) is 37.0 Å². The highest BCUT2D eigenvalue weighted by molar-refractivity contribution is 7.91. The Morgan fingerprint density at radius 3 is 2.39 bits per heavy atom. The van der Waals surface area contributed by atoms with Gasteiger partial charge in [0, 0.05) is 12.8 Å². The summed E-state index contributed by atoms with van der Waals surface area (Å²) >= 11 is 0. The topological polar surface area (TPSA) is 112 Å². The number of aryl methyl sites for hydroxylation is 1. The fourth-order valence-corrected chi connectivity index (χ4v) is 6.63. The Balaban J connectivity index is 1.40. The van der Waals surface area contributed by atoms with E-state index in [1.807, 2.05) is 25.1 Å². The minimum absolute atomic E-state index is 0.103. The van der Waals surface area contributed by atoms with Gasteiger partial charge in [-0.2, -0.15) is 0 Å². The molecule has 1 aliphatic heterocycles. The van der Waals surface area contributed by atoms with Crippen molar-refractivity contribution >= 4 is 16.2 Å². The van der Waals surface area contributed by atoms with Crippen LogP contribution < -0.4 is 9.47 Å². The Hall–Kier alpha value is -2.66. The molecule has 1 spiro atoms. The third-order valence-electron chi connectivity index (χ3n) is 6.92. The normalized spacial score (nSPS) is 18.6. The highest BCUT2D eigenvalue weighted by atomic mass is 32.2. The van der Waals surface area contributed by atoms with E-state index in [2.05, 4.69) is 0 Å². The highest BCUT2D eigenvalue weighted by Gasteiger charge is 2.43. The van der Waals surface area contributed by atoms with Gasteiger partial charge in [-0.1, -0.05) is 6.07 Å². The molecule has 2 aromatic rings. The van der Waals surface area contributed by atoms with Crippen molar-refractivity contribution in [2.45, 2.75) is 55.9 Å². The molecule has 2 aromatic carbocycles. The first-order valence-electron chi connectivity index (χ1n) is 12.0. The molecular weight excluding hydrogens is 486 g/mol. The molecule has 2 fully saturated rings. The molecule has 1 atom stereocenters. The van der Waals surface area contributed by atoms with Crippen LogP contribution in [0.15, 0.2) is 47.4 Å². The maximum absolute atomic E-state index is 13.2. The summed E-state index contributed by atoms with van der Waals surface area (Å²) in [6.07, 6.45) is 2.63. The lowest BCUT2D eigenvalue weighted by Gasteiger charge is -2.39. The average molecular weight is 520 g/mol. The van der Waals surface area contributed by atoms with E-state index in [-0.39, 0.29) is 23.0 Å². The van der Waals surface area contributed by atoms with Crippen LogP contribution in [0.4, 0.5) is 0 Å². The SMILES string of the molecule is COc1cc(C)cc(COc2ccc(S(=O)(=O)CC(C3CCC4(CC3)OCCO4)N(O)C=O)cc2)c1. The van der Waals surface area contributed by atoms with Crippen LogP contribution in [0.2, 0.25) is 0 Å². The molecule has 4 rings (SSSR count). The summed E-state index contributed by atoms with van der Waals surface area (Å²) in [5.41, 5.74) is 1.99. The van der Waals surface area contributed by atoms with Crippen molar-refractivity contribution in [1.29, 1.82) is 0 Å². The third-order valence-corrected chi connectivity index (χ3v) is 8.69. The Morgan fingerprint density at radius 2 is 1.78 bits per heavy atom. The van der Waals surface area contributed by atoms with Crippen molar-refractivity contribution in [2.24, 2.45) is 5.92 Å². The fraction of sp³-hybridized carbons (Fsp3) is 0.500. The van der Waals surface area contributed by atoms with Crippen LogP contribution in [0, 0.1) is 12.8 Å². The Morgan fingerprint density at radius 1 is 1.11 bits per heavy atom. The summed E-state index contributed by atoms with van der Waals surface area (Å²) in [5.74, 6) is 0.0829. The van der Waals surface area contributed by atoms with Crippen molar-refractivity contribution in [1.82, 2.24) is 5.06 Å². The molecular formula is C26H33NO8S. The molecule has 1 unspecified atom stereocenters. The predicted octanol–water partition coefficient (Wildman–Crippen LogP) is 3.51. The number of hydrogen-bond donors (Lipinski definition) is 1. The lowest BCUT2D eigenvalue weighted by Crippen LogP contribution is -2.46. The van der Waals surface area contributed by atoms with Gasteiger partial charge in [-0.3, -0.25) is 10.0 Å². The van der Waals surface area contributed by atoms with Crippen molar-refractivity contribution < 1.29 is 37.4 Å². The molecule has 0 bridgehead atoms. The number of nitrogens with zero attached hydrogens (tertiary/aromatic N) is 1. The first-order chi connectivity index (χ1) is 17.2. The largest absolute Gasteiger partial charge is 0.497 e. The Kier molecular flexibility index (Phi) is 8.19. The summed E-state index contributed by atoms with van der Waals surface area (Å²) in [4.78, 5) is 11.5. The smallest absolute Gasteiger partial charge is 0.233 e. The zero-order valence-corrected chi connectivity index (χ0v) is 21.4. The van der Waals surface area contributed by atoms with Gasteiger partial charge < -0.3 is 18.9 Å². The molecule has 9 nitrogen and oxygen atoms in total. The van der Waals surface area contributed by atoms with Crippen molar-refractivity contribution in [3.63, 3.8) is 0 Å². The van der Waals surface area contributed by atoms with E-state index >= 15 is 0 Å². The van der Waals surface area contributed by atoms with Gasteiger partial charge in [0.25, 0.3) is 0 Å². The summed E-state index contributed by atoms with van der Waals surface area (Å²) in [7, 11) is -2.18. The van der Waals surface area contributed by atoms with Crippen LogP contribution in [0.25, 0.3) is 0 Å². The summed E-state index contributed by atoms with van der Waals surface area (Å²) < 4.78 is 49.0. The molecule has 196 valence electrons. The third kappa shape index (κ3) is 6.18. The fourth-order valence-electron chi connectivity index (χ4n) is 5.01. The second-order valence-corrected chi connectivity index (χ2v) is 11.4. The molecule has 1 amide bonds. The lowest BCUT2D eigenvalue weighted by atomic mass is 9.81. The second-order valence-electron chi connectivity index (χ2n) is 9.40. The number of sulfone groups is 1. The molecule has 36 heavy (non-hydrogen) atoms. The molecule has 1 saturated carbocycles. The van der Waals surface area contributed by atoms with E-state index in [9.17, 15) is 18.4 Å². The Labute approximate surface area is 211 Å². The number of hydroxylamine groups is 2. The molecule has 1 N–H and O–H groups in total. The van der Waals surface area contributed by atoms with Gasteiger partial charge in [-0.05, 0) is 73.2 Å². The molecule has 10 heteroatoms. The quantitative estimate of drug-likeness (QED) is 0.288. The van der Waals surface area contributed by atoms with E-state index in [0.717, 1.165) is 16.9 Å². The second kappa shape index (κ2) is 11.2. The molecule has 1 saturated heterocycles. The minimum atomic E-state index is -3.79. The summed E-state index contributed by atoms with van der Waals surface area (Å²) in [6.45, 7) is 3.37. The number of carbonyl (C=O) groups excluding carboxylic acids is 1. The number of benzene rings is 2. The van der Waals surface area contributed by atoms with Gasteiger partial charge in [0.2, 0.25) is 6.41 Å². The zero-order valence-electron chi connectivity index (χ0n) is 20.6. The monoisotopic (exact) mass is 519 g/mol. The van der Waals surface area contributed by atoms with Crippen LogP contribution in [0.5, 0.6) is 11.5 Å². The summed E-state index contributed by atoms with van der Waals surface area (Å²) in [5, 5.41) is 10.7. The van der Waals surface area contributed by atoms with Crippen LogP contribution in [-0.2, 0) is 30.7 Å². The van der Waals surface area contributed by atoms with Crippen LogP contribution in [0.3, 0.4) is 0 Å². The van der Waals surface area contributed by atoms with Gasteiger partial charge in [-0.15, -0.1) is 0 Å². The first-order valence-corrected chi connectivity index (χ1v) is 13.7. The molecule has 0 aromatic heterocycles. The number of ether oxygens (including phenoxy) is 4. The van der Waals surface area contributed by atoms with Crippen LogP contribution in [0.1, 0.15) is 36.8 Å². The molecule has 1 heterocycles. The van der Waals surface area contributed by atoms with Crippen LogP contribution >= 0.6 is 0 Å². The van der Waals surface area contributed by atoms with E-state index in [1.165, 1.54) is 12.1 Å². The number of hydrogen-bond acceptors (Lipinski definition) is 8. The number of methoxy groups -OCH3 is 1. The van der Waals surface area contributed by atoms with E-state index < -0.39 is 21.7 Å². The van der Waals surface area contributed by atoms with Crippen molar-refractivity contribution in [2.75, 3.05) is 26.1 Å². The maximum atomic E-state index is 13.2. The molecule has 1 aliphatic carbocycles. The molecule has 2 aliphatic rings. The standard InChI is InChI=1S/C26H33NO8S/c1-19-13-20(15-23(14-19)32-2)16-33-22-3-5-24(6-4-22)36(30,31)17-25(27(29)18-28)21-7-9-26(10-8-21)34-11-12-35-26/h3-6,13-15,18,21,25,29H,7-12,16-17H2,1-2H3. The van der Waals surface area contributed by atoms with Crippen molar-refractivity contribution in [3.8, 4) is 11.5 Å². The zero-order chi connectivity index (χ0) is 25.8. The highest BCUT2D eigenvalue weighted by Crippen LogP contribution is 2.40. The van der Waals surface area contributed by atoms with E-state index in [1.54, 1.807) is 19.2 Å². The number of rotatable bonds is 10. The lowest BCUT2D eigenvalue weighted by molar-refractivity contribution is -0.194. The number of amides is 1. The van der Waals surface area contributed by atoms with E-state index in [4.69, 9.17) is 18.9 Å². The van der Waals surface area contributed by atoms with Crippen molar-refractivity contribution in [3.05, 3.63) is 53.6 Å².